The van der Waals surface area contributed by atoms with Crippen LogP contribution in [0.5, 0.6) is 0 Å². The number of sulfone groups is 1. The SMILES string of the molecule is COC(=O)c1cccc(C(=C2CN(C(c3ccccc3)c3ccccc3)C2)S(C)(=O)=O)c1. The summed E-state index contributed by atoms with van der Waals surface area (Å²) >= 11 is 0. The minimum absolute atomic E-state index is 0.0309. The fourth-order valence-corrected chi connectivity index (χ4v) is 5.45. The molecule has 32 heavy (non-hydrogen) atoms. The number of carbonyl (C=O) groups excluding carboxylic acids is 1. The minimum atomic E-state index is -3.50. The molecule has 164 valence electrons. The normalized spacial score (nSPS) is 14.2. The van der Waals surface area contributed by atoms with Crippen LogP contribution in [-0.2, 0) is 14.6 Å². The minimum Gasteiger partial charge on any atom is -0.465 e. The van der Waals surface area contributed by atoms with Crippen LogP contribution < -0.4 is 0 Å². The van der Waals surface area contributed by atoms with E-state index in [1.54, 1.807) is 24.3 Å². The van der Waals surface area contributed by atoms with Crippen molar-refractivity contribution in [2.75, 3.05) is 26.5 Å². The zero-order chi connectivity index (χ0) is 22.7. The molecular formula is C26H25NO4S. The Morgan fingerprint density at radius 1 is 0.844 bits per heavy atom. The van der Waals surface area contributed by atoms with Crippen molar-refractivity contribution in [3.63, 3.8) is 0 Å². The summed E-state index contributed by atoms with van der Waals surface area (Å²) < 4.78 is 30.3. The van der Waals surface area contributed by atoms with Crippen molar-refractivity contribution in [1.29, 1.82) is 0 Å². The van der Waals surface area contributed by atoms with Crippen LogP contribution in [0.1, 0.15) is 33.1 Å². The number of hydrogen-bond donors (Lipinski definition) is 0. The van der Waals surface area contributed by atoms with Crippen LogP contribution in [-0.4, -0.2) is 45.7 Å². The van der Waals surface area contributed by atoms with Gasteiger partial charge in [-0.3, -0.25) is 4.90 Å². The van der Waals surface area contributed by atoms with Gasteiger partial charge in [-0.25, -0.2) is 13.2 Å². The first-order chi connectivity index (χ1) is 15.4. The number of nitrogens with zero attached hydrogens (tertiary/aromatic N) is 1. The van der Waals surface area contributed by atoms with E-state index in [1.165, 1.54) is 13.4 Å². The van der Waals surface area contributed by atoms with Crippen molar-refractivity contribution >= 4 is 20.7 Å². The van der Waals surface area contributed by atoms with Gasteiger partial charge in [-0.15, -0.1) is 0 Å². The smallest absolute Gasteiger partial charge is 0.337 e. The summed E-state index contributed by atoms with van der Waals surface area (Å²) in [6.07, 6.45) is 1.22. The average Bonchev–Trinajstić information content (AvgIpc) is 2.77. The van der Waals surface area contributed by atoms with Gasteiger partial charge in [0.1, 0.15) is 0 Å². The maximum atomic E-state index is 12.7. The number of hydrogen-bond acceptors (Lipinski definition) is 5. The summed E-state index contributed by atoms with van der Waals surface area (Å²) in [5.41, 5.74) is 4.00. The van der Waals surface area contributed by atoms with E-state index >= 15 is 0 Å². The number of carbonyl (C=O) groups is 1. The molecule has 1 fully saturated rings. The number of benzene rings is 3. The first-order valence-electron chi connectivity index (χ1n) is 10.3. The summed E-state index contributed by atoms with van der Waals surface area (Å²) in [5.74, 6) is -0.492. The monoisotopic (exact) mass is 447 g/mol. The van der Waals surface area contributed by atoms with Gasteiger partial charge < -0.3 is 4.74 Å². The lowest BCUT2D eigenvalue weighted by molar-refractivity contribution is 0.0600. The summed E-state index contributed by atoms with van der Waals surface area (Å²) in [6.45, 7) is 1.05. The molecule has 5 nitrogen and oxygen atoms in total. The first-order valence-corrected chi connectivity index (χ1v) is 12.2. The quantitative estimate of drug-likeness (QED) is 0.526. The molecule has 0 bridgehead atoms. The third kappa shape index (κ3) is 4.52. The molecule has 0 saturated carbocycles. The highest BCUT2D eigenvalue weighted by atomic mass is 32.2. The second-order valence-electron chi connectivity index (χ2n) is 7.91. The van der Waals surface area contributed by atoms with Crippen LogP contribution in [0.2, 0.25) is 0 Å². The fraction of sp³-hybridized carbons (Fsp3) is 0.192. The van der Waals surface area contributed by atoms with Crippen LogP contribution in [0, 0.1) is 0 Å². The Morgan fingerprint density at radius 2 is 1.38 bits per heavy atom. The van der Waals surface area contributed by atoms with Gasteiger partial charge in [0.25, 0.3) is 0 Å². The van der Waals surface area contributed by atoms with Crippen molar-refractivity contribution in [3.8, 4) is 0 Å². The Bertz CT molecular complexity index is 1200. The maximum Gasteiger partial charge on any atom is 0.337 e. The van der Waals surface area contributed by atoms with Crippen molar-refractivity contribution in [2.45, 2.75) is 6.04 Å². The van der Waals surface area contributed by atoms with Gasteiger partial charge in [0.15, 0.2) is 9.84 Å². The highest BCUT2D eigenvalue weighted by Crippen LogP contribution is 2.38. The molecule has 0 amide bonds. The highest BCUT2D eigenvalue weighted by molar-refractivity contribution is 8.00. The van der Waals surface area contributed by atoms with Crippen LogP contribution in [0.15, 0.2) is 90.5 Å². The van der Waals surface area contributed by atoms with Crippen LogP contribution in [0.25, 0.3) is 4.91 Å². The van der Waals surface area contributed by atoms with E-state index in [1.807, 2.05) is 36.4 Å². The topological polar surface area (TPSA) is 63.7 Å². The van der Waals surface area contributed by atoms with E-state index in [2.05, 4.69) is 29.2 Å². The molecule has 1 aliphatic heterocycles. The van der Waals surface area contributed by atoms with Gasteiger partial charge in [-0.1, -0.05) is 72.8 Å². The molecule has 0 spiro atoms. The molecule has 0 aromatic heterocycles. The van der Waals surface area contributed by atoms with Crippen molar-refractivity contribution < 1.29 is 17.9 Å². The summed E-state index contributed by atoms with van der Waals surface area (Å²) in [6, 6.07) is 27.1. The van der Waals surface area contributed by atoms with Crippen LogP contribution in [0.4, 0.5) is 0 Å². The number of methoxy groups -OCH3 is 1. The molecule has 4 rings (SSSR count). The molecule has 3 aromatic rings. The van der Waals surface area contributed by atoms with Crippen molar-refractivity contribution in [3.05, 3.63) is 113 Å². The lowest BCUT2D eigenvalue weighted by Crippen LogP contribution is -2.44. The fourth-order valence-electron chi connectivity index (χ4n) is 4.24. The second-order valence-corrected chi connectivity index (χ2v) is 9.86. The molecule has 0 N–H and O–H groups in total. The molecule has 3 aromatic carbocycles. The zero-order valence-corrected chi connectivity index (χ0v) is 18.9. The Labute approximate surface area is 188 Å². The van der Waals surface area contributed by atoms with E-state index in [0.29, 0.717) is 29.1 Å². The molecule has 0 radical (unpaired) electrons. The van der Waals surface area contributed by atoms with E-state index in [0.717, 1.165) is 16.7 Å². The molecular weight excluding hydrogens is 422 g/mol. The third-order valence-electron chi connectivity index (χ3n) is 5.62. The highest BCUT2D eigenvalue weighted by Gasteiger charge is 2.34. The average molecular weight is 448 g/mol. The Hall–Kier alpha value is -3.22. The van der Waals surface area contributed by atoms with Gasteiger partial charge in [0, 0.05) is 19.3 Å². The number of likely N-dealkylation sites (tertiary alicyclic amines) is 1. The van der Waals surface area contributed by atoms with Gasteiger partial charge in [-0.2, -0.15) is 0 Å². The lowest BCUT2D eigenvalue weighted by Gasteiger charge is -2.42. The van der Waals surface area contributed by atoms with Crippen LogP contribution in [0.3, 0.4) is 0 Å². The number of rotatable bonds is 6. The Balaban J connectivity index is 1.71. The number of esters is 1. The third-order valence-corrected chi connectivity index (χ3v) is 6.89. The molecule has 1 saturated heterocycles. The number of ether oxygens (including phenoxy) is 1. The Morgan fingerprint density at radius 3 is 1.88 bits per heavy atom. The standard InChI is InChI=1S/C26H25NO4S/c1-31-26(28)22-15-9-14-21(16-22)25(32(2,29)30)23-17-27(18-23)24(19-10-5-3-6-11-19)20-12-7-4-8-13-20/h3-16,24H,17-18H2,1-2H3. The maximum absolute atomic E-state index is 12.7. The molecule has 1 heterocycles. The van der Waals surface area contributed by atoms with Crippen LogP contribution >= 0.6 is 0 Å². The van der Waals surface area contributed by atoms with E-state index in [4.69, 9.17) is 4.74 Å². The van der Waals surface area contributed by atoms with Gasteiger partial charge in [0.2, 0.25) is 0 Å². The van der Waals surface area contributed by atoms with Crippen molar-refractivity contribution in [1.82, 2.24) is 4.90 Å². The van der Waals surface area contributed by atoms with Gasteiger partial charge in [-0.05, 0) is 34.4 Å². The van der Waals surface area contributed by atoms with E-state index in [-0.39, 0.29) is 6.04 Å². The second kappa shape index (κ2) is 9.10. The molecule has 0 atom stereocenters. The van der Waals surface area contributed by atoms with Gasteiger partial charge in [0.05, 0.1) is 23.6 Å². The molecule has 1 aliphatic rings. The van der Waals surface area contributed by atoms with Gasteiger partial charge >= 0.3 is 5.97 Å². The summed E-state index contributed by atoms with van der Waals surface area (Å²) in [7, 11) is -2.20. The predicted molar refractivity (Wildman–Crippen MR) is 126 cm³/mol. The Kier molecular flexibility index (Phi) is 6.26. The lowest BCUT2D eigenvalue weighted by atomic mass is 9.92. The molecule has 6 heteroatoms. The summed E-state index contributed by atoms with van der Waals surface area (Å²) in [4.78, 5) is 14.5. The summed E-state index contributed by atoms with van der Waals surface area (Å²) in [5, 5.41) is 0. The van der Waals surface area contributed by atoms with E-state index < -0.39 is 15.8 Å². The zero-order valence-electron chi connectivity index (χ0n) is 18.1. The molecule has 0 unspecified atom stereocenters. The first kappa shape index (κ1) is 22.0. The largest absolute Gasteiger partial charge is 0.465 e. The molecule has 0 aliphatic carbocycles. The predicted octanol–water partition coefficient (Wildman–Crippen LogP) is 4.33. The van der Waals surface area contributed by atoms with E-state index in [9.17, 15) is 13.2 Å². The van der Waals surface area contributed by atoms with Crippen molar-refractivity contribution in [2.24, 2.45) is 0 Å².